The Morgan fingerprint density at radius 2 is 1.39 bits per heavy atom. The van der Waals surface area contributed by atoms with Crippen LogP contribution in [0.1, 0.15) is 35.8 Å². The predicted octanol–water partition coefficient (Wildman–Crippen LogP) is 6.21. The number of hydrogen-bond donors (Lipinski definition) is 0. The van der Waals surface area contributed by atoms with Crippen molar-refractivity contribution in [1.29, 1.82) is 0 Å². The molecule has 3 aromatic carbocycles. The van der Waals surface area contributed by atoms with E-state index in [9.17, 15) is 0 Å². The Morgan fingerprint density at radius 3 is 2.11 bits per heavy atom. The minimum Gasteiger partial charge on any atom is -0.345 e. The van der Waals surface area contributed by atoms with Gasteiger partial charge >= 0.3 is 0 Å². The maximum Gasteiger partial charge on any atom is 0.184 e. The van der Waals surface area contributed by atoms with E-state index in [0.717, 1.165) is 24.8 Å². The van der Waals surface area contributed by atoms with E-state index in [1.165, 1.54) is 11.1 Å². The standard InChI is InChI=1S/C26H26O2/c1-4-10-21(11-5-1)16-18-24-20-25(19-17-22-12-6-2-7-13-22)28-26(27-24)23-14-8-3-9-15-23/h1-16,18,24-26H,17,19-20H2/b18-16+/t24-,25+,26-/m0/s1. The van der Waals surface area contributed by atoms with Crippen molar-refractivity contribution in [2.24, 2.45) is 0 Å². The Kier molecular flexibility index (Phi) is 6.33. The number of rotatable bonds is 6. The van der Waals surface area contributed by atoms with Crippen LogP contribution in [0.2, 0.25) is 0 Å². The van der Waals surface area contributed by atoms with Gasteiger partial charge in [-0.1, -0.05) is 103 Å². The third-order valence-electron chi connectivity index (χ3n) is 5.08. The molecule has 1 aliphatic rings. The first-order valence-corrected chi connectivity index (χ1v) is 10.00. The van der Waals surface area contributed by atoms with Gasteiger partial charge in [-0.05, 0) is 24.0 Å². The largest absolute Gasteiger partial charge is 0.345 e. The molecule has 1 fully saturated rings. The van der Waals surface area contributed by atoms with Crippen molar-refractivity contribution in [3.8, 4) is 0 Å². The van der Waals surface area contributed by atoms with E-state index in [0.29, 0.717) is 0 Å². The average Bonchev–Trinajstić information content (AvgIpc) is 2.78. The molecule has 0 spiro atoms. The highest BCUT2D eigenvalue weighted by Gasteiger charge is 2.29. The van der Waals surface area contributed by atoms with Crippen molar-refractivity contribution in [3.63, 3.8) is 0 Å². The summed E-state index contributed by atoms with van der Waals surface area (Å²) in [6, 6.07) is 31.2. The molecule has 0 amide bonds. The Bertz CT molecular complexity index is 859. The van der Waals surface area contributed by atoms with Crippen LogP contribution < -0.4 is 0 Å². The first-order valence-electron chi connectivity index (χ1n) is 10.00. The van der Waals surface area contributed by atoms with Gasteiger partial charge in [-0.2, -0.15) is 0 Å². The predicted molar refractivity (Wildman–Crippen MR) is 114 cm³/mol. The van der Waals surface area contributed by atoms with Crippen LogP contribution in [0, 0.1) is 0 Å². The molecular weight excluding hydrogens is 344 g/mol. The van der Waals surface area contributed by atoms with Gasteiger partial charge in [0.2, 0.25) is 0 Å². The van der Waals surface area contributed by atoms with Crippen molar-refractivity contribution in [1.82, 2.24) is 0 Å². The monoisotopic (exact) mass is 370 g/mol. The summed E-state index contributed by atoms with van der Waals surface area (Å²) >= 11 is 0. The lowest BCUT2D eigenvalue weighted by Crippen LogP contribution is -2.33. The summed E-state index contributed by atoms with van der Waals surface area (Å²) in [4.78, 5) is 0. The SMILES string of the molecule is C(=C\[C@H]1C[C@@H](CCc2ccccc2)O[C@@H](c2ccccc2)O1)/c1ccccc1. The normalized spacial score (nSPS) is 22.4. The lowest BCUT2D eigenvalue weighted by Gasteiger charge is -2.35. The van der Waals surface area contributed by atoms with E-state index in [1.807, 2.05) is 24.3 Å². The van der Waals surface area contributed by atoms with Crippen LogP contribution in [0.3, 0.4) is 0 Å². The third-order valence-corrected chi connectivity index (χ3v) is 5.08. The van der Waals surface area contributed by atoms with Crippen molar-refractivity contribution in [2.75, 3.05) is 0 Å². The summed E-state index contributed by atoms with van der Waals surface area (Å²) < 4.78 is 12.6. The molecule has 0 radical (unpaired) electrons. The van der Waals surface area contributed by atoms with Gasteiger partial charge in [0.05, 0.1) is 12.2 Å². The highest BCUT2D eigenvalue weighted by molar-refractivity contribution is 5.49. The zero-order chi connectivity index (χ0) is 19.0. The minimum atomic E-state index is -0.318. The van der Waals surface area contributed by atoms with Crippen molar-refractivity contribution in [2.45, 2.75) is 37.8 Å². The summed E-state index contributed by atoms with van der Waals surface area (Å²) in [5.74, 6) is 0. The summed E-state index contributed by atoms with van der Waals surface area (Å²) in [6.45, 7) is 0. The molecule has 1 aliphatic heterocycles. The number of ether oxygens (including phenoxy) is 2. The molecule has 4 rings (SSSR count). The molecule has 3 atom stereocenters. The maximum atomic E-state index is 6.32. The van der Waals surface area contributed by atoms with E-state index in [2.05, 4.69) is 78.9 Å². The third kappa shape index (κ3) is 5.19. The highest BCUT2D eigenvalue weighted by atomic mass is 16.7. The van der Waals surface area contributed by atoms with Crippen molar-refractivity contribution >= 4 is 6.08 Å². The average molecular weight is 370 g/mol. The fraction of sp³-hybridized carbons (Fsp3) is 0.231. The van der Waals surface area contributed by atoms with Crippen LogP contribution in [-0.2, 0) is 15.9 Å². The summed E-state index contributed by atoms with van der Waals surface area (Å²) in [7, 11) is 0. The Morgan fingerprint density at radius 1 is 0.750 bits per heavy atom. The molecule has 1 heterocycles. The second-order valence-electron chi connectivity index (χ2n) is 7.21. The Hall–Kier alpha value is -2.68. The fourth-order valence-corrected chi connectivity index (χ4v) is 3.57. The zero-order valence-corrected chi connectivity index (χ0v) is 16.0. The topological polar surface area (TPSA) is 18.5 Å². The van der Waals surface area contributed by atoms with E-state index in [4.69, 9.17) is 9.47 Å². The van der Waals surface area contributed by atoms with Gasteiger partial charge < -0.3 is 9.47 Å². The molecule has 0 N–H and O–H groups in total. The van der Waals surface area contributed by atoms with Crippen LogP contribution in [0.4, 0.5) is 0 Å². The van der Waals surface area contributed by atoms with E-state index in [-0.39, 0.29) is 18.5 Å². The van der Waals surface area contributed by atoms with Gasteiger partial charge in [0.15, 0.2) is 6.29 Å². The second kappa shape index (κ2) is 9.50. The van der Waals surface area contributed by atoms with Gasteiger partial charge in [0, 0.05) is 12.0 Å². The second-order valence-corrected chi connectivity index (χ2v) is 7.21. The van der Waals surface area contributed by atoms with Crippen LogP contribution in [0.15, 0.2) is 97.1 Å². The maximum absolute atomic E-state index is 6.32. The van der Waals surface area contributed by atoms with E-state index < -0.39 is 0 Å². The molecule has 0 unspecified atom stereocenters. The Labute approximate surface area is 167 Å². The summed E-state index contributed by atoms with van der Waals surface area (Å²) in [5.41, 5.74) is 3.62. The minimum absolute atomic E-state index is 0.0416. The smallest absolute Gasteiger partial charge is 0.184 e. The molecule has 2 nitrogen and oxygen atoms in total. The van der Waals surface area contributed by atoms with Gasteiger partial charge in [-0.25, -0.2) is 0 Å². The van der Waals surface area contributed by atoms with Crippen LogP contribution >= 0.6 is 0 Å². The van der Waals surface area contributed by atoms with E-state index >= 15 is 0 Å². The molecule has 0 bridgehead atoms. The molecule has 0 aromatic heterocycles. The molecule has 142 valence electrons. The van der Waals surface area contributed by atoms with Gasteiger partial charge in [0.25, 0.3) is 0 Å². The van der Waals surface area contributed by atoms with Gasteiger partial charge in [-0.3, -0.25) is 0 Å². The van der Waals surface area contributed by atoms with Crippen LogP contribution in [0.25, 0.3) is 6.08 Å². The molecule has 3 aromatic rings. The first kappa shape index (κ1) is 18.7. The fourth-order valence-electron chi connectivity index (χ4n) is 3.57. The van der Waals surface area contributed by atoms with Crippen LogP contribution in [-0.4, -0.2) is 12.2 Å². The molecular formula is C26H26O2. The van der Waals surface area contributed by atoms with Crippen LogP contribution in [0.5, 0.6) is 0 Å². The summed E-state index contributed by atoms with van der Waals surface area (Å²) in [5, 5.41) is 0. The lowest BCUT2D eigenvalue weighted by molar-refractivity contribution is -0.237. The molecule has 0 saturated carbocycles. The number of aryl methyl sites for hydroxylation is 1. The van der Waals surface area contributed by atoms with Gasteiger partial charge in [-0.15, -0.1) is 0 Å². The van der Waals surface area contributed by atoms with Crippen molar-refractivity contribution in [3.05, 3.63) is 114 Å². The zero-order valence-electron chi connectivity index (χ0n) is 16.0. The van der Waals surface area contributed by atoms with E-state index in [1.54, 1.807) is 0 Å². The number of benzene rings is 3. The first-order chi connectivity index (χ1) is 13.9. The highest BCUT2D eigenvalue weighted by Crippen LogP contribution is 2.32. The molecule has 0 aliphatic carbocycles. The Balaban J connectivity index is 1.47. The lowest BCUT2D eigenvalue weighted by atomic mass is 10.0. The van der Waals surface area contributed by atoms with Crippen molar-refractivity contribution < 1.29 is 9.47 Å². The number of hydrogen-bond acceptors (Lipinski definition) is 2. The molecule has 1 saturated heterocycles. The quantitative estimate of drug-likeness (QED) is 0.514. The van der Waals surface area contributed by atoms with Gasteiger partial charge in [0.1, 0.15) is 0 Å². The summed E-state index contributed by atoms with van der Waals surface area (Å²) in [6.07, 6.45) is 7.09. The molecule has 2 heteroatoms. The molecule has 28 heavy (non-hydrogen) atoms.